The molecule has 2 heterocycles. The number of carbonyl (C=O) groups is 1. The van der Waals surface area contributed by atoms with E-state index < -0.39 is 0 Å². The fraction of sp³-hybridized carbons (Fsp3) is 0.560. The summed E-state index contributed by atoms with van der Waals surface area (Å²) in [4.78, 5) is 15.1. The molecule has 1 saturated heterocycles. The van der Waals surface area contributed by atoms with Crippen molar-refractivity contribution in [2.45, 2.75) is 59.1 Å². The van der Waals surface area contributed by atoms with Crippen molar-refractivity contribution in [2.24, 2.45) is 11.3 Å². The van der Waals surface area contributed by atoms with E-state index in [1.165, 1.54) is 0 Å². The summed E-state index contributed by atoms with van der Waals surface area (Å²) in [7, 11) is 1.66. The Kier molecular flexibility index (Phi) is 6.91. The van der Waals surface area contributed by atoms with Crippen LogP contribution in [0.5, 0.6) is 5.75 Å². The second-order valence-electron chi connectivity index (χ2n) is 9.35. The lowest BCUT2D eigenvalue weighted by atomic mass is 9.65. The first-order chi connectivity index (χ1) is 14.2. The zero-order chi connectivity index (χ0) is 21.8. The Balaban J connectivity index is 1.79. The van der Waals surface area contributed by atoms with Gasteiger partial charge in [0.1, 0.15) is 5.75 Å². The molecule has 0 radical (unpaired) electrons. The maximum absolute atomic E-state index is 13.2. The largest absolute Gasteiger partial charge is 0.497 e. The molecule has 0 aliphatic carbocycles. The summed E-state index contributed by atoms with van der Waals surface area (Å²) in [5, 5.41) is 0. The molecule has 5 heteroatoms. The van der Waals surface area contributed by atoms with Gasteiger partial charge in [0, 0.05) is 19.7 Å². The monoisotopic (exact) mass is 413 g/mol. The number of ether oxygens (including phenoxy) is 2. The van der Waals surface area contributed by atoms with Gasteiger partial charge in [0.25, 0.3) is 5.91 Å². The molecule has 2 aromatic rings. The van der Waals surface area contributed by atoms with Crippen molar-refractivity contribution >= 4 is 5.91 Å². The third-order valence-electron chi connectivity index (χ3n) is 6.53. The smallest absolute Gasteiger partial charge is 0.289 e. The number of nitrogens with zero attached hydrogens (tertiary/aromatic N) is 1. The molecular weight excluding hydrogens is 378 g/mol. The number of hydrogen-bond acceptors (Lipinski definition) is 4. The molecule has 1 aliphatic rings. The van der Waals surface area contributed by atoms with Crippen molar-refractivity contribution < 1.29 is 18.7 Å². The maximum atomic E-state index is 13.2. The number of rotatable bonds is 8. The third kappa shape index (κ3) is 5.25. The summed E-state index contributed by atoms with van der Waals surface area (Å²) in [6, 6.07) is 11.4. The van der Waals surface area contributed by atoms with Crippen molar-refractivity contribution in [3.63, 3.8) is 0 Å². The van der Waals surface area contributed by atoms with Crippen LogP contribution in [0.25, 0.3) is 0 Å². The van der Waals surface area contributed by atoms with Crippen LogP contribution in [-0.2, 0) is 11.3 Å². The molecular formula is C25H35NO4. The summed E-state index contributed by atoms with van der Waals surface area (Å²) in [5.41, 5.74) is 1.10. The predicted octanol–water partition coefficient (Wildman–Crippen LogP) is 5.55. The van der Waals surface area contributed by atoms with Gasteiger partial charge in [-0.1, -0.05) is 26.0 Å². The molecule has 5 nitrogen and oxygen atoms in total. The van der Waals surface area contributed by atoms with Crippen LogP contribution in [0.2, 0.25) is 0 Å². The average Bonchev–Trinajstić information content (AvgIpc) is 3.25. The zero-order valence-electron chi connectivity index (χ0n) is 18.9. The van der Waals surface area contributed by atoms with Crippen molar-refractivity contribution in [2.75, 3.05) is 20.3 Å². The lowest BCUT2D eigenvalue weighted by Crippen LogP contribution is -2.46. The number of carbonyl (C=O) groups excluding carboxylic acids is 1. The first-order valence-corrected chi connectivity index (χ1v) is 10.8. The van der Waals surface area contributed by atoms with Crippen LogP contribution in [0, 0.1) is 11.3 Å². The summed E-state index contributed by atoms with van der Waals surface area (Å²) < 4.78 is 16.7. The first kappa shape index (κ1) is 22.4. The predicted molar refractivity (Wildman–Crippen MR) is 118 cm³/mol. The second kappa shape index (κ2) is 9.25. The summed E-state index contributed by atoms with van der Waals surface area (Å²) in [5.74, 6) is 1.64. The quantitative estimate of drug-likeness (QED) is 0.569. The van der Waals surface area contributed by atoms with E-state index in [9.17, 15) is 4.79 Å². The Morgan fingerprint density at radius 3 is 2.50 bits per heavy atom. The Morgan fingerprint density at radius 2 is 1.93 bits per heavy atom. The maximum Gasteiger partial charge on any atom is 0.289 e. The van der Waals surface area contributed by atoms with E-state index in [2.05, 4.69) is 27.7 Å². The van der Waals surface area contributed by atoms with E-state index in [0.717, 1.165) is 37.2 Å². The minimum atomic E-state index is -0.131. The summed E-state index contributed by atoms with van der Waals surface area (Å²) in [6.07, 6.45) is 4.53. The van der Waals surface area contributed by atoms with Crippen molar-refractivity contribution in [3.05, 3.63) is 54.0 Å². The van der Waals surface area contributed by atoms with Crippen molar-refractivity contribution in [1.82, 2.24) is 4.90 Å². The molecule has 1 fully saturated rings. The first-order valence-electron chi connectivity index (χ1n) is 10.8. The van der Waals surface area contributed by atoms with Gasteiger partial charge in [0.15, 0.2) is 5.76 Å². The number of benzene rings is 1. The SMILES string of the molecule is COc1ccc(CN(CCC2(C(C)C)CCOC(C)(C)C2)C(=O)c2ccco2)cc1. The second-order valence-corrected chi connectivity index (χ2v) is 9.35. The van der Waals surface area contributed by atoms with Gasteiger partial charge in [0.05, 0.1) is 19.0 Å². The molecule has 164 valence electrons. The van der Waals surface area contributed by atoms with E-state index in [0.29, 0.717) is 24.8 Å². The third-order valence-corrected chi connectivity index (χ3v) is 6.53. The zero-order valence-corrected chi connectivity index (χ0v) is 18.9. The highest BCUT2D eigenvalue weighted by Crippen LogP contribution is 2.47. The molecule has 0 N–H and O–H groups in total. The molecule has 1 aliphatic heterocycles. The number of furan rings is 1. The summed E-state index contributed by atoms with van der Waals surface area (Å²) >= 11 is 0. The highest BCUT2D eigenvalue weighted by Gasteiger charge is 2.43. The lowest BCUT2D eigenvalue weighted by molar-refractivity contribution is -0.122. The van der Waals surface area contributed by atoms with Crippen LogP contribution in [-0.4, -0.2) is 36.7 Å². The Bertz CT molecular complexity index is 810. The molecule has 30 heavy (non-hydrogen) atoms. The van der Waals surface area contributed by atoms with E-state index in [1.807, 2.05) is 29.2 Å². The van der Waals surface area contributed by atoms with Crippen molar-refractivity contribution in [3.8, 4) is 5.75 Å². The van der Waals surface area contributed by atoms with Gasteiger partial charge >= 0.3 is 0 Å². The minimum Gasteiger partial charge on any atom is -0.497 e. The van der Waals surface area contributed by atoms with Gasteiger partial charge in [-0.3, -0.25) is 4.79 Å². The molecule has 3 rings (SSSR count). The van der Waals surface area contributed by atoms with Gasteiger partial charge in [-0.15, -0.1) is 0 Å². The van der Waals surface area contributed by atoms with Gasteiger partial charge in [-0.25, -0.2) is 0 Å². The van der Waals surface area contributed by atoms with Crippen LogP contribution in [0.15, 0.2) is 47.1 Å². The van der Waals surface area contributed by atoms with Crippen LogP contribution < -0.4 is 4.74 Å². The fourth-order valence-corrected chi connectivity index (χ4v) is 4.63. The van der Waals surface area contributed by atoms with E-state index in [1.54, 1.807) is 25.5 Å². The van der Waals surface area contributed by atoms with Crippen molar-refractivity contribution in [1.29, 1.82) is 0 Å². The number of hydrogen-bond donors (Lipinski definition) is 0. The van der Waals surface area contributed by atoms with Crippen LogP contribution >= 0.6 is 0 Å². The highest BCUT2D eigenvalue weighted by molar-refractivity contribution is 5.91. The van der Waals surface area contributed by atoms with Crippen LogP contribution in [0.4, 0.5) is 0 Å². The Labute approximate surface area is 180 Å². The number of methoxy groups -OCH3 is 1. The van der Waals surface area contributed by atoms with Gasteiger partial charge in [-0.05, 0) is 74.3 Å². The molecule has 0 spiro atoms. The van der Waals surface area contributed by atoms with Crippen LogP contribution in [0.3, 0.4) is 0 Å². The average molecular weight is 414 g/mol. The fourth-order valence-electron chi connectivity index (χ4n) is 4.63. The lowest BCUT2D eigenvalue weighted by Gasteiger charge is -2.48. The molecule has 1 aromatic heterocycles. The molecule has 0 saturated carbocycles. The van der Waals surface area contributed by atoms with Crippen LogP contribution in [0.1, 0.15) is 63.1 Å². The van der Waals surface area contributed by atoms with Gasteiger partial charge in [0.2, 0.25) is 0 Å². The molecule has 1 aromatic carbocycles. The molecule has 1 unspecified atom stereocenters. The standard InChI is InChI=1S/C25H35NO4/c1-19(2)25(13-16-30-24(3,4)18-25)12-14-26(23(27)22-7-6-15-29-22)17-20-8-10-21(28-5)11-9-20/h6-11,15,19H,12-14,16-18H2,1-5H3. The topological polar surface area (TPSA) is 51.9 Å². The Hall–Kier alpha value is -2.27. The van der Waals surface area contributed by atoms with Gasteiger partial charge in [-0.2, -0.15) is 0 Å². The molecule has 1 atom stereocenters. The van der Waals surface area contributed by atoms with Gasteiger partial charge < -0.3 is 18.8 Å². The highest BCUT2D eigenvalue weighted by atomic mass is 16.5. The van der Waals surface area contributed by atoms with E-state index in [-0.39, 0.29) is 16.9 Å². The summed E-state index contributed by atoms with van der Waals surface area (Å²) in [6.45, 7) is 10.9. The Morgan fingerprint density at radius 1 is 1.20 bits per heavy atom. The number of amides is 1. The minimum absolute atomic E-state index is 0.0685. The van der Waals surface area contributed by atoms with E-state index >= 15 is 0 Å². The van der Waals surface area contributed by atoms with E-state index in [4.69, 9.17) is 13.9 Å². The molecule has 0 bridgehead atoms. The molecule has 1 amide bonds. The normalized spacial score (nSPS) is 20.9.